The van der Waals surface area contributed by atoms with Gasteiger partial charge < -0.3 is 10.1 Å². The lowest BCUT2D eigenvalue weighted by Gasteiger charge is -2.35. The van der Waals surface area contributed by atoms with E-state index < -0.39 is 0 Å². The van der Waals surface area contributed by atoms with Gasteiger partial charge in [0, 0.05) is 18.9 Å². The van der Waals surface area contributed by atoms with Crippen LogP contribution in [-0.2, 0) is 4.74 Å². The minimum Gasteiger partial charge on any atom is -0.462 e. The Labute approximate surface area is 140 Å². The van der Waals surface area contributed by atoms with Gasteiger partial charge in [-0.25, -0.2) is 14.8 Å². The van der Waals surface area contributed by atoms with Gasteiger partial charge in [-0.2, -0.15) is 5.26 Å². The zero-order chi connectivity index (χ0) is 16.8. The number of ether oxygens (including phenoxy) is 1. The van der Waals surface area contributed by atoms with E-state index in [1.165, 1.54) is 6.20 Å². The molecule has 1 saturated carbocycles. The number of rotatable bonds is 6. The Morgan fingerprint density at radius 1 is 1.21 bits per heavy atom. The molecule has 0 bridgehead atoms. The fraction of sp³-hybridized carbons (Fsp3) is 0.333. The Morgan fingerprint density at radius 2 is 1.96 bits per heavy atom. The van der Waals surface area contributed by atoms with Gasteiger partial charge in [0.15, 0.2) is 11.5 Å². The predicted molar refractivity (Wildman–Crippen MR) is 88.2 cm³/mol. The molecule has 0 unspecified atom stereocenters. The molecular formula is C18H18N4O2. The molecule has 1 aromatic heterocycles. The maximum Gasteiger partial charge on any atom is 0.338 e. The lowest BCUT2D eigenvalue weighted by Crippen LogP contribution is -2.33. The third kappa shape index (κ3) is 3.87. The van der Waals surface area contributed by atoms with Gasteiger partial charge in [-0.15, -0.1) is 0 Å². The normalized spacial score (nSPS) is 19.0. The third-order valence-corrected chi connectivity index (χ3v) is 4.16. The number of nitrogens with zero attached hydrogens (tertiary/aromatic N) is 3. The highest BCUT2D eigenvalue weighted by atomic mass is 16.5. The van der Waals surface area contributed by atoms with Crippen LogP contribution < -0.4 is 5.32 Å². The zero-order valence-electron chi connectivity index (χ0n) is 13.2. The van der Waals surface area contributed by atoms with E-state index in [4.69, 9.17) is 10.00 Å². The number of nitrogens with one attached hydrogen (secondary N) is 1. The summed E-state index contributed by atoms with van der Waals surface area (Å²) in [7, 11) is 0. The minimum absolute atomic E-state index is 0.268. The largest absolute Gasteiger partial charge is 0.462 e. The van der Waals surface area contributed by atoms with E-state index in [0.717, 1.165) is 19.4 Å². The van der Waals surface area contributed by atoms with E-state index in [-0.39, 0.29) is 5.97 Å². The molecule has 24 heavy (non-hydrogen) atoms. The van der Waals surface area contributed by atoms with E-state index in [9.17, 15) is 4.79 Å². The molecular weight excluding hydrogens is 304 g/mol. The van der Waals surface area contributed by atoms with Crippen LogP contribution in [0.15, 0.2) is 42.7 Å². The topological polar surface area (TPSA) is 87.9 Å². The molecule has 1 aromatic carbocycles. The molecule has 0 radical (unpaired) electrons. The van der Waals surface area contributed by atoms with Gasteiger partial charge in [0.1, 0.15) is 6.07 Å². The summed E-state index contributed by atoms with van der Waals surface area (Å²) in [6, 6.07) is 11.0. The molecule has 0 spiro atoms. The lowest BCUT2D eigenvalue weighted by molar-refractivity contribution is 0.0299. The van der Waals surface area contributed by atoms with Crippen LogP contribution in [0.3, 0.4) is 0 Å². The molecule has 1 aliphatic carbocycles. The summed E-state index contributed by atoms with van der Waals surface area (Å²) in [6.07, 6.45) is 5.06. The molecule has 1 fully saturated rings. The van der Waals surface area contributed by atoms with Crippen LogP contribution in [0.5, 0.6) is 0 Å². The molecule has 1 heterocycles. The molecule has 1 N–H and O–H groups in total. The quantitative estimate of drug-likeness (QED) is 0.823. The van der Waals surface area contributed by atoms with Crippen molar-refractivity contribution in [2.75, 3.05) is 18.5 Å². The highest BCUT2D eigenvalue weighted by Gasteiger charge is 2.30. The van der Waals surface area contributed by atoms with Crippen molar-refractivity contribution in [2.24, 2.45) is 11.8 Å². The van der Waals surface area contributed by atoms with Crippen molar-refractivity contribution in [2.45, 2.75) is 12.8 Å². The summed E-state index contributed by atoms with van der Waals surface area (Å²) in [4.78, 5) is 20.0. The Kier molecular flexibility index (Phi) is 5.02. The Hall–Kier alpha value is -2.94. The number of carbonyl (C=O) groups excluding carboxylic acids is 1. The number of aromatic nitrogens is 2. The van der Waals surface area contributed by atoms with Gasteiger partial charge in [0.25, 0.3) is 0 Å². The SMILES string of the molecule is N#Cc1nccnc1NCC1CC(COC(=O)c2ccccc2)C1. The predicted octanol–water partition coefficient (Wildman–Crippen LogP) is 2.64. The summed E-state index contributed by atoms with van der Waals surface area (Å²) >= 11 is 0. The Bertz CT molecular complexity index is 736. The summed E-state index contributed by atoms with van der Waals surface area (Å²) in [5.41, 5.74) is 0.895. The fourth-order valence-electron chi connectivity index (χ4n) is 2.82. The van der Waals surface area contributed by atoms with E-state index >= 15 is 0 Å². The van der Waals surface area contributed by atoms with Crippen molar-refractivity contribution in [3.63, 3.8) is 0 Å². The average molecular weight is 322 g/mol. The van der Waals surface area contributed by atoms with E-state index in [2.05, 4.69) is 15.3 Å². The average Bonchev–Trinajstić information content (AvgIpc) is 2.60. The van der Waals surface area contributed by atoms with Crippen molar-refractivity contribution < 1.29 is 9.53 Å². The lowest BCUT2D eigenvalue weighted by atomic mass is 9.75. The van der Waals surface area contributed by atoms with Gasteiger partial charge in [-0.1, -0.05) is 18.2 Å². The summed E-state index contributed by atoms with van der Waals surface area (Å²) in [6.45, 7) is 1.20. The second-order valence-corrected chi connectivity index (χ2v) is 5.91. The molecule has 0 aliphatic heterocycles. The zero-order valence-corrected chi connectivity index (χ0v) is 13.2. The molecule has 3 rings (SSSR count). The van der Waals surface area contributed by atoms with Gasteiger partial charge >= 0.3 is 5.97 Å². The van der Waals surface area contributed by atoms with Crippen LogP contribution in [0.4, 0.5) is 5.82 Å². The first-order valence-corrected chi connectivity index (χ1v) is 7.93. The Morgan fingerprint density at radius 3 is 2.71 bits per heavy atom. The van der Waals surface area contributed by atoms with Crippen molar-refractivity contribution in [3.05, 3.63) is 54.0 Å². The van der Waals surface area contributed by atoms with Gasteiger partial charge in [-0.3, -0.25) is 0 Å². The number of esters is 1. The molecule has 0 saturated heterocycles. The number of carbonyl (C=O) groups is 1. The molecule has 122 valence electrons. The van der Waals surface area contributed by atoms with Gasteiger partial charge in [-0.05, 0) is 36.8 Å². The van der Waals surface area contributed by atoms with Gasteiger partial charge in [0.05, 0.1) is 12.2 Å². The molecule has 0 atom stereocenters. The number of benzene rings is 1. The van der Waals surface area contributed by atoms with E-state index in [1.54, 1.807) is 18.3 Å². The molecule has 6 nitrogen and oxygen atoms in total. The van der Waals surface area contributed by atoms with Crippen LogP contribution in [0.1, 0.15) is 28.9 Å². The van der Waals surface area contributed by atoms with Gasteiger partial charge in [0.2, 0.25) is 0 Å². The highest BCUT2D eigenvalue weighted by Crippen LogP contribution is 2.34. The smallest absolute Gasteiger partial charge is 0.338 e. The molecule has 2 aromatic rings. The minimum atomic E-state index is -0.268. The maximum atomic E-state index is 11.9. The van der Waals surface area contributed by atoms with E-state index in [1.807, 2.05) is 24.3 Å². The number of nitriles is 1. The van der Waals surface area contributed by atoms with Crippen LogP contribution in [0.25, 0.3) is 0 Å². The van der Waals surface area contributed by atoms with E-state index in [0.29, 0.717) is 35.5 Å². The second kappa shape index (κ2) is 7.55. The number of hydrogen-bond acceptors (Lipinski definition) is 6. The highest BCUT2D eigenvalue weighted by molar-refractivity contribution is 5.89. The molecule has 6 heteroatoms. The molecule has 0 amide bonds. The van der Waals surface area contributed by atoms with Crippen LogP contribution in [0, 0.1) is 23.2 Å². The third-order valence-electron chi connectivity index (χ3n) is 4.16. The van der Waals surface area contributed by atoms with Crippen molar-refractivity contribution in [1.29, 1.82) is 5.26 Å². The summed E-state index contributed by atoms with van der Waals surface area (Å²) in [5.74, 6) is 1.16. The maximum absolute atomic E-state index is 11.9. The fourth-order valence-corrected chi connectivity index (χ4v) is 2.82. The molecule has 1 aliphatic rings. The first kappa shape index (κ1) is 15.9. The standard InChI is InChI=1S/C18H18N4O2/c19-10-16-17(21-7-6-20-16)22-11-13-8-14(9-13)12-24-18(23)15-4-2-1-3-5-15/h1-7,13-14H,8-9,11-12H2,(H,21,22). The summed E-state index contributed by atoms with van der Waals surface area (Å²) in [5, 5.41) is 12.1. The van der Waals surface area contributed by atoms with Crippen molar-refractivity contribution >= 4 is 11.8 Å². The monoisotopic (exact) mass is 322 g/mol. The van der Waals surface area contributed by atoms with Crippen LogP contribution in [0.2, 0.25) is 0 Å². The Balaban J connectivity index is 1.37. The first-order chi connectivity index (χ1) is 11.8. The van der Waals surface area contributed by atoms with Crippen molar-refractivity contribution in [1.82, 2.24) is 9.97 Å². The van der Waals surface area contributed by atoms with Crippen molar-refractivity contribution in [3.8, 4) is 6.07 Å². The first-order valence-electron chi connectivity index (χ1n) is 7.93. The van der Waals surface area contributed by atoms with Crippen LogP contribution >= 0.6 is 0 Å². The summed E-state index contributed by atoms with van der Waals surface area (Å²) < 4.78 is 5.35. The number of hydrogen-bond donors (Lipinski definition) is 1. The number of anilines is 1. The van der Waals surface area contributed by atoms with Crippen LogP contribution in [-0.4, -0.2) is 29.1 Å². The second-order valence-electron chi connectivity index (χ2n) is 5.91.